The van der Waals surface area contributed by atoms with Crippen LogP contribution in [0.5, 0.6) is 0 Å². The molecule has 0 amide bonds. The number of Topliss-reactive ketones (excluding diaryl/α,β-unsaturated/α-hetero) is 1. The molecule has 0 bridgehead atoms. The lowest BCUT2D eigenvalue weighted by atomic mass is 9.47. The SMILES string of the molecule is CCC[C@H](CC(=O)[C@@H](C)[C@H]1CCC2C3CC=C4C[C@@H](O)CC[C@]4(C)C3CC[C@@]21C)C(C)C. The third-order valence-corrected chi connectivity index (χ3v) is 11.3. The molecule has 0 heterocycles. The van der Waals surface area contributed by atoms with E-state index >= 15 is 0 Å². The molecule has 4 aliphatic rings. The number of carbonyl (C=O) groups is 1. The van der Waals surface area contributed by atoms with Gasteiger partial charge in [0.2, 0.25) is 0 Å². The van der Waals surface area contributed by atoms with E-state index in [2.05, 4.69) is 47.6 Å². The summed E-state index contributed by atoms with van der Waals surface area (Å²) in [5.74, 6) is 4.84. The molecule has 9 atom stereocenters. The molecular formula is C30H50O2. The maximum absolute atomic E-state index is 13.5. The number of aliphatic hydroxyl groups excluding tert-OH is 1. The summed E-state index contributed by atoms with van der Waals surface area (Å²) >= 11 is 0. The van der Waals surface area contributed by atoms with Crippen LogP contribution < -0.4 is 0 Å². The van der Waals surface area contributed by atoms with Crippen molar-refractivity contribution in [3.8, 4) is 0 Å². The zero-order valence-corrected chi connectivity index (χ0v) is 21.8. The van der Waals surface area contributed by atoms with Gasteiger partial charge in [0.25, 0.3) is 0 Å². The maximum Gasteiger partial charge on any atom is 0.136 e. The van der Waals surface area contributed by atoms with Gasteiger partial charge < -0.3 is 5.11 Å². The summed E-state index contributed by atoms with van der Waals surface area (Å²) in [7, 11) is 0. The average Bonchev–Trinajstić information content (AvgIpc) is 3.10. The number of aliphatic hydroxyl groups is 1. The summed E-state index contributed by atoms with van der Waals surface area (Å²) in [5, 5.41) is 10.3. The van der Waals surface area contributed by atoms with Crippen LogP contribution in [-0.2, 0) is 4.79 Å². The first-order valence-corrected chi connectivity index (χ1v) is 14.0. The molecule has 1 N–H and O–H groups in total. The molecule has 182 valence electrons. The predicted molar refractivity (Wildman–Crippen MR) is 133 cm³/mol. The molecule has 3 unspecified atom stereocenters. The fraction of sp³-hybridized carbons (Fsp3) is 0.900. The van der Waals surface area contributed by atoms with Gasteiger partial charge in [0, 0.05) is 12.3 Å². The van der Waals surface area contributed by atoms with Gasteiger partial charge in [-0.1, -0.05) is 66.0 Å². The molecule has 0 saturated heterocycles. The highest BCUT2D eigenvalue weighted by Gasteiger charge is 2.59. The van der Waals surface area contributed by atoms with Crippen molar-refractivity contribution >= 4 is 5.78 Å². The van der Waals surface area contributed by atoms with Crippen molar-refractivity contribution in [1.82, 2.24) is 0 Å². The Morgan fingerprint density at radius 3 is 2.53 bits per heavy atom. The van der Waals surface area contributed by atoms with Crippen LogP contribution in [0, 0.1) is 52.3 Å². The number of hydrogen-bond donors (Lipinski definition) is 1. The summed E-state index contributed by atoms with van der Waals surface area (Å²) in [6, 6.07) is 0. The second-order valence-electron chi connectivity index (χ2n) is 13.1. The quantitative estimate of drug-likeness (QED) is 0.412. The average molecular weight is 443 g/mol. The molecule has 4 rings (SSSR count). The van der Waals surface area contributed by atoms with Gasteiger partial charge in [-0.15, -0.1) is 0 Å². The molecule has 3 saturated carbocycles. The Kier molecular flexibility index (Phi) is 7.04. The number of allylic oxidation sites excluding steroid dienone is 1. The second kappa shape index (κ2) is 9.20. The Morgan fingerprint density at radius 2 is 1.84 bits per heavy atom. The van der Waals surface area contributed by atoms with Crippen LogP contribution in [0.4, 0.5) is 0 Å². The first-order chi connectivity index (χ1) is 15.1. The van der Waals surface area contributed by atoms with E-state index < -0.39 is 0 Å². The van der Waals surface area contributed by atoms with Crippen molar-refractivity contribution < 1.29 is 9.90 Å². The Bertz CT molecular complexity index is 722. The van der Waals surface area contributed by atoms with E-state index in [4.69, 9.17) is 0 Å². The number of hydrogen-bond acceptors (Lipinski definition) is 2. The summed E-state index contributed by atoms with van der Waals surface area (Å²) in [5.41, 5.74) is 2.22. The highest BCUT2D eigenvalue weighted by atomic mass is 16.3. The number of ketones is 1. The zero-order chi connectivity index (χ0) is 23.3. The molecule has 2 nitrogen and oxygen atoms in total. The van der Waals surface area contributed by atoms with E-state index in [1.807, 2.05) is 0 Å². The second-order valence-corrected chi connectivity index (χ2v) is 13.1. The largest absolute Gasteiger partial charge is 0.393 e. The predicted octanol–water partition coefficient (Wildman–Crippen LogP) is 7.59. The van der Waals surface area contributed by atoms with E-state index in [9.17, 15) is 9.90 Å². The van der Waals surface area contributed by atoms with Gasteiger partial charge in [-0.2, -0.15) is 0 Å². The van der Waals surface area contributed by atoms with Gasteiger partial charge in [0.1, 0.15) is 5.78 Å². The minimum atomic E-state index is -0.121. The zero-order valence-electron chi connectivity index (χ0n) is 21.8. The maximum atomic E-state index is 13.5. The van der Waals surface area contributed by atoms with Crippen LogP contribution in [0.1, 0.15) is 112 Å². The van der Waals surface area contributed by atoms with Gasteiger partial charge in [-0.25, -0.2) is 0 Å². The molecule has 0 radical (unpaired) electrons. The molecule has 0 spiro atoms. The molecule has 4 aliphatic carbocycles. The van der Waals surface area contributed by atoms with Crippen LogP contribution in [0.15, 0.2) is 11.6 Å². The number of fused-ring (bicyclic) bond motifs is 5. The molecule has 32 heavy (non-hydrogen) atoms. The van der Waals surface area contributed by atoms with E-state index in [-0.39, 0.29) is 12.0 Å². The third-order valence-electron chi connectivity index (χ3n) is 11.3. The van der Waals surface area contributed by atoms with Crippen molar-refractivity contribution in [2.24, 2.45) is 52.3 Å². The Hall–Kier alpha value is -0.630. The summed E-state index contributed by atoms with van der Waals surface area (Å²) in [6.45, 7) is 14.2. The smallest absolute Gasteiger partial charge is 0.136 e. The van der Waals surface area contributed by atoms with Crippen LogP contribution in [-0.4, -0.2) is 17.0 Å². The van der Waals surface area contributed by atoms with E-state index in [1.165, 1.54) is 44.9 Å². The lowest BCUT2D eigenvalue weighted by Crippen LogP contribution is -2.51. The molecule has 0 aromatic heterocycles. The van der Waals surface area contributed by atoms with E-state index in [0.717, 1.165) is 43.4 Å². The lowest BCUT2D eigenvalue weighted by Gasteiger charge is -2.58. The summed E-state index contributed by atoms with van der Waals surface area (Å²) in [4.78, 5) is 13.5. The lowest BCUT2D eigenvalue weighted by molar-refractivity contribution is -0.128. The molecular weight excluding hydrogens is 392 g/mol. The van der Waals surface area contributed by atoms with Gasteiger partial charge in [0.05, 0.1) is 6.10 Å². The van der Waals surface area contributed by atoms with Crippen LogP contribution in [0.2, 0.25) is 0 Å². The van der Waals surface area contributed by atoms with Crippen molar-refractivity contribution in [3.63, 3.8) is 0 Å². The highest BCUT2D eigenvalue weighted by Crippen LogP contribution is 2.67. The van der Waals surface area contributed by atoms with Crippen molar-refractivity contribution in [2.75, 3.05) is 0 Å². The third kappa shape index (κ3) is 4.05. The highest BCUT2D eigenvalue weighted by molar-refractivity contribution is 5.81. The fourth-order valence-corrected chi connectivity index (χ4v) is 9.21. The summed E-state index contributed by atoms with van der Waals surface area (Å²) < 4.78 is 0. The van der Waals surface area contributed by atoms with Crippen molar-refractivity contribution in [3.05, 3.63) is 11.6 Å². The first-order valence-electron chi connectivity index (χ1n) is 14.0. The molecule has 0 aromatic rings. The minimum absolute atomic E-state index is 0.121. The first kappa shape index (κ1) is 24.5. The monoisotopic (exact) mass is 442 g/mol. The minimum Gasteiger partial charge on any atom is -0.393 e. The molecule has 0 aliphatic heterocycles. The van der Waals surface area contributed by atoms with Gasteiger partial charge in [0.15, 0.2) is 0 Å². The van der Waals surface area contributed by atoms with Crippen molar-refractivity contribution in [2.45, 2.75) is 118 Å². The van der Waals surface area contributed by atoms with E-state index in [0.29, 0.717) is 34.4 Å². The molecule has 0 aromatic carbocycles. The fourth-order valence-electron chi connectivity index (χ4n) is 9.21. The standard InChI is InChI=1S/C30H50O2/c1-7-8-21(19(2)3)17-28(32)20(4)25-11-12-26-24-10-9-22-18-23(31)13-15-29(22,5)27(24)14-16-30(25,26)6/h9,19-21,23-27,31H,7-8,10-18H2,1-6H3/t20-,21+,23-,24?,25+,26?,27?,29-,30+/m0/s1. The Morgan fingerprint density at radius 1 is 1.09 bits per heavy atom. The van der Waals surface area contributed by atoms with Crippen LogP contribution in [0.25, 0.3) is 0 Å². The van der Waals surface area contributed by atoms with Crippen molar-refractivity contribution in [1.29, 1.82) is 0 Å². The number of carbonyl (C=O) groups excluding carboxylic acids is 1. The molecule has 2 heteroatoms. The van der Waals surface area contributed by atoms with Gasteiger partial charge >= 0.3 is 0 Å². The van der Waals surface area contributed by atoms with E-state index in [1.54, 1.807) is 5.57 Å². The van der Waals surface area contributed by atoms with Crippen LogP contribution in [0.3, 0.4) is 0 Å². The topological polar surface area (TPSA) is 37.3 Å². The van der Waals surface area contributed by atoms with Gasteiger partial charge in [-0.3, -0.25) is 4.79 Å². The Balaban J connectivity index is 1.50. The van der Waals surface area contributed by atoms with Gasteiger partial charge in [-0.05, 0) is 97.7 Å². The summed E-state index contributed by atoms with van der Waals surface area (Å²) in [6.07, 6.45) is 15.0. The normalized spacial score (nSPS) is 43.1. The van der Waals surface area contributed by atoms with Crippen LogP contribution >= 0.6 is 0 Å². The molecule has 3 fully saturated rings. The Labute approximate surface area is 198 Å². The number of rotatable bonds is 7.